The van der Waals surface area contributed by atoms with E-state index < -0.39 is 5.97 Å². The number of para-hydroxylation sites is 1. The summed E-state index contributed by atoms with van der Waals surface area (Å²) in [5.74, 6) is -0.0962. The van der Waals surface area contributed by atoms with Crippen LogP contribution in [0.1, 0.15) is 10.4 Å². The third kappa shape index (κ3) is 5.04. The topological polar surface area (TPSA) is 87.0 Å². The number of ketones is 1. The highest BCUT2D eigenvalue weighted by molar-refractivity contribution is 7.99. The maximum Gasteiger partial charge on any atom is 0.316 e. The van der Waals surface area contributed by atoms with E-state index >= 15 is 0 Å². The molecule has 8 heteroatoms. The van der Waals surface area contributed by atoms with Crippen molar-refractivity contribution in [3.05, 3.63) is 90.8 Å². The van der Waals surface area contributed by atoms with Crippen molar-refractivity contribution in [2.24, 2.45) is 0 Å². The zero-order valence-electron chi connectivity index (χ0n) is 16.4. The molecular weight excluding hydrogens is 412 g/mol. The van der Waals surface area contributed by atoms with E-state index in [1.165, 1.54) is 11.8 Å². The van der Waals surface area contributed by atoms with Gasteiger partial charge in [0, 0.05) is 29.2 Å². The van der Waals surface area contributed by atoms with Crippen molar-refractivity contribution in [2.75, 3.05) is 12.4 Å². The van der Waals surface area contributed by atoms with Crippen LogP contribution < -0.4 is 0 Å². The number of carbonyl (C=O) groups is 2. The number of hydrogen-bond donors (Lipinski definition) is 0. The molecule has 0 atom stereocenters. The van der Waals surface area contributed by atoms with E-state index in [1.807, 2.05) is 53.1 Å². The first kappa shape index (κ1) is 20.5. The van der Waals surface area contributed by atoms with E-state index in [1.54, 1.807) is 36.7 Å². The summed E-state index contributed by atoms with van der Waals surface area (Å²) in [7, 11) is 0. The first-order valence-corrected chi connectivity index (χ1v) is 10.5. The molecule has 0 radical (unpaired) electrons. The van der Waals surface area contributed by atoms with Gasteiger partial charge in [-0.1, -0.05) is 60.3 Å². The molecule has 154 valence electrons. The van der Waals surface area contributed by atoms with Gasteiger partial charge in [0.1, 0.15) is 0 Å². The van der Waals surface area contributed by atoms with Gasteiger partial charge in [-0.2, -0.15) is 0 Å². The van der Waals surface area contributed by atoms with Gasteiger partial charge in [0.15, 0.2) is 23.4 Å². The Kier molecular flexibility index (Phi) is 6.49. The minimum Gasteiger partial charge on any atom is -0.457 e. The first-order chi connectivity index (χ1) is 15.2. The van der Waals surface area contributed by atoms with E-state index in [4.69, 9.17) is 4.74 Å². The van der Waals surface area contributed by atoms with Gasteiger partial charge in [-0.3, -0.25) is 19.1 Å². The zero-order chi connectivity index (χ0) is 21.5. The summed E-state index contributed by atoms with van der Waals surface area (Å²) >= 11 is 1.20. The number of nitrogens with zero attached hydrogens (tertiary/aromatic N) is 4. The number of hydrogen-bond acceptors (Lipinski definition) is 7. The molecule has 0 saturated heterocycles. The molecule has 4 rings (SSSR count). The number of ether oxygens (including phenoxy) is 1. The fourth-order valence-electron chi connectivity index (χ4n) is 2.88. The largest absolute Gasteiger partial charge is 0.457 e. The molecule has 2 aromatic carbocycles. The molecule has 0 amide bonds. The van der Waals surface area contributed by atoms with Crippen LogP contribution in [-0.4, -0.2) is 43.9 Å². The molecule has 0 saturated carbocycles. The van der Waals surface area contributed by atoms with Crippen molar-refractivity contribution < 1.29 is 14.3 Å². The molecule has 0 spiro atoms. The normalized spacial score (nSPS) is 10.6. The SMILES string of the molecule is O=C(CSc1nnc(-c2ccncc2)n1-c1ccccc1)OCC(=O)c1ccccc1. The van der Waals surface area contributed by atoms with Crippen molar-refractivity contribution in [3.63, 3.8) is 0 Å². The summed E-state index contributed by atoms with van der Waals surface area (Å²) in [6.07, 6.45) is 3.38. The Labute approximate surface area is 183 Å². The van der Waals surface area contributed by atoms with Crippen molar-refractivity contribution in [2.45, 2.75) is 5.16 Å². The number of esters is 1. The molecule has 0 unspecified atom stereocenters. The minimum atomic E-state index is -0.498. The standard InChI is InChI=1S/C23H18N4O3S/c28-20(17-7-3-1-4-8-17)15-30-21(29)16-31-23-26-25-22(18-11-13-24-14-12-18)27(23)19-9-5-2-6-10-19/h1-14H,15-16H2. The lowest BCUT2D eigenvalue weighted by Gasteiger charge is -2.10. The molecule has 0 N–H and O–H groups in total. The third-order valence-electron chi connectivity index (χ3n) is 4.37. The number of thioether (sulfide) groups is 1. The summed E-state index contributed by atoms with van der Waals surface area (Å²) in [5, 5.41) is 9.12. The second-order valence-corrected chi connectivity index (χ2v) is 7.39. The molecule has 2 aromatic heterocycles. The van der Waals surface area contributed by atoms with E-state index in [0.29, 0.717) is 16.5 Å². The van der Waals surface area contributed by atoms with Gasteiger partial charge in [-0.25, -0.2) is 0 Å². The lowest BCUT2D eigenvalue weighted by atomic mass is 10.1. The van der Waals surface area contributed by atoms with E-state index in [-0.39, 0.29) is 18.1 Å². The Morgan fingerprint density at radius 2 is 1.55 bits per heavy atom. The summed E-state index contributed by atoms with van der Waals surface area (Å²) in [5.41, 5.74) is 2.23. The molecule has 7 nitrogen and oxygen atoms in total. The third-order valence-corrected chi connectivity index (χ3v) is 5.27. The van der Waals surface area contributed by atoms with Gasteiger partial charge in [0.05, 0.1) is 5.75 Å². The van der Waals surface area contributed by atoms with E-state index in [2.05, 4.69) is 15.2 Å². The van der Waals surface area contributed by atoms with E-state index in [0.717, 1.165) is 11.3 Å². The van der Waals surface area contributed by atoms with Gasteiger partial charge in [-0.15, -0.1) is 10.2 Å². The number of Topliss-reactive ketones (excluding diaryl/α,β-unsaturated/α-hetero) is 1. The van der Waals surface area contributed by atoms with Crippen LogP contribution in [0.25, 0.3) is 17.1 Å². The first-order valence-electron chi connectivity index (χ1n) is 9.50. The molecule has 2 heterocycles. The second kappa shape index (κ2) is 9.82. The molecular formula is C23H18N4O3S. The van der Waals surface area contributed by atoms with Crippen LogP contribution in [0.4, 0.5) is 0 Å². The average molecular weight is 430 g/mol. The van der Waals surface area contributed by atoms with Gasteiger partial charge < -0.3 is 4.74 Å². The van der Waals surface area contributed by atoms with Gasteiger partial charge in [0.25, 0.3) is 0 Å². The Balaban J connectivity index is 1.47. The predicted molar refractivity (Wildman–Crippen MR) is 117 cm³/mol. The van der Waals surface area contributed by atoms with Crippen LogP contribution in [0.15, 0.2) is 90.3 Å². The fourth-order valence-corrected chi connectivity index (χ4v) is 3.63. The van der Waals surface area contributed by atoms with Crippen LogP contribution in [0.5, 0.6) is 0 Å². The molecule has 0 bridgehead atoms. The number of rotatable bonds is 8. The summed E-state index contributed by atoms with van der Waals surface area (Å²) < 4.78 is 7.02. The highest BCUT2D eigenvalue weighted by atomic mass is 32.2. The summed E-state index contributed by atoms with van der Waals surface area (Å²) in [4.78, 5) is 28.4. The quantitative estimate of drug-likeness (QED) is 0.238. The second-order valence-electron chi connectivity index (χ2n) is 6.45. The van der Waals surface area contributed by atoms with Crippen molar-refractivity contribution in [1.29, 1.82) is 0 Å². The van der Waals surface area contributed by atoms with Crippen LogP contribution in [0.2, 0.25) is 0 Å². The van der Waals surface area contributed by atoms with Crippen LogP contribution >= 0.6 is 11.8 Å². The maximum atomic E-state index is 12.2. The Bertz CT molecular complexity index is 1170. The van der Waals surface area contributed by atoms with Crippen LogP contribution in [0.3, 0.4) is 0 Å². The number of aromatic nitrogens is 4. The smallest absolute Gasteiger partial charge is 0.316 e. The molecule has 0 aliphatic carbocycles. The van der Waals surface area contributed by atoms with Crippen LogP contribution in [0, 0.1) is 0 Å². The van der Waals surface area contributed by atoms with Crippen molar-refractivity contribution in [3.8, 4) is 17.1 Å². The summed E-state index contributed by atoms with van der Waals surface area (Å²) in [6, 6.07) is 22.1. The number of carbonyl (C=O) groups excluding carboxylic acids is 2. The van der Waals surface area contributed by atoms with Gasteiger partial charge >= 0.3 is 5.97 Å². The maximum absolute atomic E-state index is 12.2. The Hall–Kier alpha value is -3.78. The van der Waals surface area contributed by atoms with E-state index in [9.17, 15) is 9.59 Å². The predicted octanol–water partition coefficient (Wildman–Crippen LogP) is 3.85. The Morgan fingerprint density at radius 1 is 0.871 bits per heavy atom. The van der Waals surface area contributed by atoms with Crippen LogP contribution in [-0.2, 0) is 9.53 Å². The average Bonchev–Trinajstić information content (AvgIpc) is 3.27. The molecule has 0 aliphatic rings. The van der Waals surface area contributed by atoms with Gasteiger partial charge in [-0.05, 0) is 24.3 Å². The number of benzene rings is 2. The monoisotopic (exact) mass is 430 g/mol. The molecule has 0 aliphatic heterocycles. The van der Waals surface area contributed by atoms with Crippen molar-refractivity contribution in [1.82, 2.24) is 19.7 Å². The number of pyridine rings is 1. The fraction of sp³-hybridized carbons (Fsp3) is 0.0870. The van der Waals surface area contributed by atoms with Crippen molar-refractivity contribution >= 4 is 23.5 Å². The molecule has 31 heavy (non-hydrogen) atoms. The lowest BCUT2D eigenvalue weighted by Crippen LogP contribution is -2.15. The molecule has 0 fully saturated rings. The summed E-state index contributed by atoms with van der Waals surface area (Å²) in [6.45, 7) is -0.295. The lowest BCUT2D eigenvalue weighted by molar-refractivity contribution is -0.139. The minimum absolute atomic E-state index is 0.00335. The highest BCUT2D eigenvalue weighted by Gasteiger charge is 2.18. The molecule has 4 aromatic rings. The highest BCUT2D eigenvalue weighted by Crippen LogP contribution is 2.27. The Morgan fingerprint density at radius 3 is 2.26 bits per heavy atom. The van der Waals surface area contributed by atoms with Gasteiger partial charge in [0.2, 0.25) is 0 Å². The zero-order valence-corrected chi connectivity index (χ0v) is 17.2.